The normalized spacial score (nSPS) is 27.6. The molecule has 2 aliphatic rings. The van der Waals surface area contributed by atoms with Crippen molar-refractivity contribution in [3.05, 3.63) is 18.2 Å². The standard InChI is InChI=1S/C14H24N4O/c1-19-9-8-17-7-6-16-14(17)11-18-12-2-3-13(18)10-15-5-4-12/h6-7,12-13,15H,2-5,8-11H2,1H3/t12-,13+/m0/s1. The highest BCUT2D eigenvalue weighted by Gasteiger charge is 2.35. The molecule has 0 spiro atoms. The molecule has 0 radical (unpaired) electrons. The van der Waals surface area contributed by atoms with Crippen LogP contribution >= 0.6 is 0 Å². The lowest BCUT2D eigenvalue weighted by molar-refractivity contribution is 0.172. The van der Waals surface area contributed by atoms with Crippen molar-refractivity contribution in [1.82, 2.24) is 19.8 Å². The number of imidazole rings is 1. The first-order valence-electron chi connectivity index (χ1n) is 7.34. The molecule has 0 amide bonds. The Balaban J connectivity index is 1.68. The maximum atomic E-state index is 5.16. The number of nitrogens with zero attached hydrogens (tertiary/aromatic N) is 3. The largest absolute Gasteiger partial charge is 0.383 e. The Labute approximate surface area is 114 Å². The van der Waals surface area contributed by atoms with Crippen LogP contribution in [0.15, 0.2) is 12.4 Å². The zero-order valence-electron chi connectivity index (χ0n) is 11.7. The fraction of sp³-hybridized carbons (Fsp3) is 0.786. The van der Waals surface area contributed by atoms with E-state index in [4.69, 9.17) is 4.74 Å². The first kappa shape index (κ1) is 13.1. The Bertz CT molecular complexity index is 392. The van der Waals surface area contributed by atoms with Crippen molar-refractivity contribution in [1.29, 1.82) is 0 Å². The molecule has 106 valence electrons. The number of methoxy groups -OCH3 is 1. The molecule has 1 aromatic rings. The molecule has 2 bridgehead atoms. The maximum absolute atomic E-state index is 5.16. The van der Waals surface area contributed by atoms with Crippen molar-refractivity contribution in [2.75, 3.05) is 26.8 Å². The second-order valence-electron chi connectivity index (χ2n) is 5.58. The van der Waals surface area contributed by atoms with Gasteiger partial charge in [0.05, 0.1) is 13.2 Å². The molecule has 1 aromatic heterocycles. The Kier molecular flexibility index (Phi) is 4.15. The van der Waals surface area contributed by atoms with E-state index < -0.39 is 0 Å². The first-order valence-corrected chi connectivity index (χ1v) is 7.34. The molecule has 3 rings (SSSR count). The topological polar surface area (TPSA) is 42.3 Å². The fourth-order valence-corrected chi connectivity index (χ4v) is 3.39. The van der Waals surface area contributed by atoms with Gasteiger partial charge in [0, 0.05) is 44.7 Å². The van der Waals surface area contributed by atoms with Gasteiger partial charge >= 0.3 is 0 Å². The molecule has 2 aliphatic heterocycles. The van der Waals surface area contributed by atoms with Gasteiger partial charge in [-0.05, 0) is 25.8 Å². The lowest BCUT2D eigenvalue weighted by atomic mass is 10.1. The van der Waals surface area contributed by atoms with Gasteiger partial charge in [-0.25, -0.2) is 4.98 Å². The predicted molar refractivity (Wildman–Crippen MR) is 73.9 cm³/mol. The summed E-state index contributed by atoms with van der Waals surface area (Å²) < 4.78 is 7.39. The number of nitrogens with one attached hydrogen (secondary N) is 1. The predicted octanol–water partition coefficient (Wildman–Crippen LogP) is 0.856. The highest BCUT2D eigenvalue weighted by Crippen LogP contribution is 2.29. The molecule has 19 heavy (non-hydrogen) atoms. The minimum Gasteiger partial charge on any atom is -0.383 e. The highest BCUT2D eigenvalue weighted by molar-refractivity contribution is 4.98. The van der Waals surface area contributed by atoms with Gasteiger partial charge in [-0.2, -0.15) is 0 Å². The van der Waals surface area contributed by atoms with Crippen LogP contribution in [0.2, 0.25) is 0 Å². The Morgan fingerprint density at radius 3 is 3.16 bits per heavy atom. The van der Waals surface area contributed by atoms with Crippen molar-refractivity contribution >= 4 is 0 Å². The first-order chi connectivity index (χ1) is 9.38. The number of aromatic nitrogens is 2. The van der Waals surface area contributed by atoms with Crippen molar-refractivity contribution in [2.24, 2.45) is 0 Å². The molecule has 5 nitrogen and oxygen atoms in total. The SMILES string of the molecule is COCCn1ccnc1CN1[C@@H]2CCNC[C@H]1CC2. The van der Waals surface area contributed by atoms with E-state index >= 15 is 0 Å². The van der Waals surface area contributed by atoms with E-state index in [2.05, 4.69) is 26.0 Å². The van der Waals surface area contributed by atoms with Gasteiger partial charge in [-0.3, -0.25) is 4.90 Å². The molecule has 0 unspecified atom stereocenters. The third kappa shape index (κ3) is 2.83. The van der Waals surface area contributed by atoms with Crippen LogP contribution in [-0.2, 0) is 17.8 Å². The van der Waals surface area contributed by atoms with Crippen LogP contribution in [0.25, 0.3) is 0 Å². The Morgan fingerprint density at radius 1 is 1.37 bits per heavy atom. The second kappa shape index (κ2) is 6.03. The van der Waals surface area contributed by atoms with Crippen LogP contribution < -0.4 is 5.32 Å². The second-order valence-corrected chi connectivity index (χ2v) is 5.58. The van der Waals surface area contributed by atoms with E-state index in [1.54, 1.807) is 7.11 Å². The minimum absolute atomic E-state index is 0.695. The van der Waals surface area contributed by atoms with E-state index in [1.807, 2.05) is 6.20 Å². The van der Waals surface area contributed by atoms with Crippen molar-refractivity contribution in [3.8, 4) is 0 Å². The van der Waals surface area contributed by atoms with Gasteiger partial charge in [-0.1, -0.05) is 0 Å². The summed E-state index contributed by atoms with van der Waals surface area (Å²) in [5, 5.41) is 3.55. The summed E-state index contributed by atoms with van der Waals surface area (Å²) >= 11 is 0. The lowest BCUT2D eigenvalue weighted by Crippen LogP contribution is -2.38. The molecule has 2 fully saturated rings. The summed E-state index contributed by atoms with van der Waals surface area (Å²) in [6.45, 7) is 4.92. The summed E-state index contributed by atoms with van der Waals surface area (Å²) in [5.74, 6) is 1.18. The van der Waals surface area contributed by atoms with Crippen LogP contribution in [0.4, 0.5) is 0 Å². The highest BCUT2D eigenvalue weighted by atomic mass is 16.5. The zero-order chi connectivity index (χ0) is 13.1. The van der Waals surface area contributed by atoms with E-state index in [-0.39, 0.29) is 0 Å². The molecule has 2 saturated heterocycles. The van der Waals surface area contributed by atoms with Gasteiger partial charge in [0.1, 0.15) is 5.82 Å². The lowest BCUT2D eigenvalue weighted by Gasteiger charge is -2.27. The van der Waals surface area contributed by atoms with Crippen LogP contribution in [0.1, 0.15) is 25.1 Å². The summed E-state index contributed by atoms with van der Waals surface area (Å²) in [6, 6.07) is 1.44. The molecule has 1 N–H and O–H groups in total. The van der Waals surface area contributed by atoms with E-state index in [9.17, 15) is 0 Å². The van der Waals surface area contributed by atoms with Crippen LogP contribution in [0.3, 0.4) is 0 Å². The van der Waals surface area contributed by atoms with Gasteiger partial charge in [0.25, 0.3) is 0 Å². The van der Waals surface area contributed by atoms with Crippen LogP contribution in [0.5, 0.6) is 0 Å². The van der Waals surface area contributed by atoms with E-state index in [0.29, 0.717) is 6.04 Å². The molecule has 5 heteroatoms. The zero-order valence-corrected chi connectivity index (χ0v) is 11.7. The summed E-state index contributed by atoms with van der Waals surface area (Å²) in [7, 11) is 1.75. The molecule has 0 aromatic carbocycles. The van der Waals surface area contributed by atoms with Crippen molar-refractivity contribution in [2.45, 2.75) is 44.4 Å². The van der Waals surface area contributed by atoms with Crippen LogP contribution in [-0.4, -0.2) is 53.3 Å². The van der Waals surface area contributed by atoms with Crippen LogP contribution in [0, 0.1) is 0 Å². The Hall–Kier alpha value is -0.910. The van der Waals surface area contributed by atoms with Crippen molar-refractivity contribution < 1.29 is 4.74 Å². The molecule has 0 saturated carbocycles. The monoisotopic (exact) mass is 264 g/mol. The average Bonchev–Trinajstić information content (AvgIpc) is 2.92. The van der Waals surface area contributed by atoms with Gasteiger partial charge in [0.15, 0.2) is 0 Å². The quantitative estimate of drug-likeness (QED) is 0.856. The number of fused-ring (bicyclic) bond motifs is 2. The average molecular weight is 264 g/mol. The molecular formula is C14H24N4O. The summed E-state index contributed by atoms with van der Waals surface area (Å²) in [6.07, 6.45) is 7.92. The Morgan fingerprint density at radius 2 is 2.26 bits per heavy atom. The summed E-state index contributed by atoms with van der Waals surface area (Å²) in [4.78, 5) is 7.19. The van der Waals surface area contributed by atoms with Gasteiger partial charge in [-0.15, -0.1) is 0 Å². The molecule has 3 heterocycles. The number of hydrogen-bond acceptors (Lipinski definition) is 4. The fourth-order valence-electron chi connectivity index (χ4n) is 3.39. The maximum Gasteiger partial charge on any atom is 0.122 e. The smallest absolute Gasteiger partial charge is 0.122 e. The summed E-state index contributed by atoms with van der Waals surface area (Å²) in [5.41, 5.74) is 0. The third-order valence-corrected chi connectivity index (χ3v) is 4.47. The molecule has 2 atom stereocenters. The van der Waals surface area contributed by atoms with Crippen molar-refractivity contribution in [3.63, 3.8) is 0 Å². The van der Waals surface area contributed by atoms with Gasteiger partial charge < -0.3 is 14.6 Å². The minimum atomic E-state index is 0.695. The number of hydrogen-bond donors (Lipinski definition) is 1. The third-order valence-electron chi connectivity index (χ3n) is 4.47. The number of rotatable bonds is 5. The molecular weight excluding hydrogens is 240 g/mol. The number of ether oxygens (including phenoxy) is 1. The van der Waals surface area contributed by atoms with Gasteiger partial charge in [0.2, 0.25) is 0 Å². The van der Waals surface area contributed by atoms with E-state index in [0.717, 1.165) is 38.8 Å². The van der Waals surface area contributed by atoms with E-state index in [1.165, 1.54) is 25.1 Å². The molecule has 0 aliphatic carbocycles.